The molecule has 0 radical (unpaired) electrons. The van der Waals surface area contributed by atoms with Crippen LogP contribution in [0, 0.1) is 11.5 Å². The molecular formula is C17H26N6O3S. The fourth-order valence-corrected chi connectivity index (χ4v) is 4.16. The zero-order valence-corrected chi connectivity index (χ0v) is 16.1. The SMILES string of the molecule is N#CNC(=NCCCCCCS(=O)(=O)N1CCOCC1)Nc1ccncc1. The number of ether oxygens (including phenoxy) is 1. The predicted octanol–water partition coefficient (Wildman–Crippen LogP) is 1.14. The number of sulfonamides is 1. The summed E-state index contributed by atoms with van der Waals surface area (Å²) in [6, 6.07) is 3.56. The summed E-state index contributed by atoms with van der Waals surface area (Å²) >= 11 is 0. The van der Waals surface area contributed by atoms with Crippen LogP contribution in [0.1, 0.15) is 25.7 Å². The fourth-order valence-electron chi connectivity index (χ4n) is 2.63. The van der Waals surface area contributed by atoms with Crippen molar-refractivity contribution in [2.75, 3.05) is 43.9 Å². The monoisotopic (exact) mass is 394 g/mol. The van der Waals surface area contributed by atoms with Crippen molar-refractivity contribution < 1.29 is 13.2 Å². The maximum absolute atomic E-state index is 12.2. The molecule has 0 aromatic carbocycles. The van der Waals surface area contributed by atoms with Crippen LogP contribution >= 0.6 is 0 Å². The summed E-state index contributed by atoms with van der Waals surface area (Å²) in [6.07, 6.45) is 8.34. The van der Waals surface area contributed by atoms with Crippen LogP contribution in [0.4, 0.5) is 5.69 Å². The van der Waals surface area contributed by atoms with E-state index in [0.29, 0.717) is 45.2 Å². The van der Waals surface area contributed by atoms with Crippen LogP contribution in [0.2, 0.25) is 0 Å². The van der Waals surface area contributed by atoms with E-state index in [0.717, 1.165) is 24.9 Å². The summed E-state index contributed by atoms with van der Waals surface area (Å²) in [6.45, 7) is 2.42. The second-order valence-corrected chi connectivity index (χ2v) is 8.16. The van der Waals surface area contributed by atoms with Crippen molar-refractivity contribution in [3.8, 4) is 6.19 Å². The van der Waals surface area contributed by atoms with Gasteiger partial charge in [-0.25, -0.2) is 8.42 Å². The molecule has 9 nitrogen and oxygen atoms in total. The van der Waals surface area contributed by atoms with Gasteiger partial charge < -0.3 is 10.1 Å². The Morgan fingerprint density at radius 1 is 1.22 bits per heavy atom. The standard InChI is InChI=1S/C17H26N6O3S/c18-15-21-17(22-16-5-8-19-9-6-16)20-7-3-1-2-4-14-27(24,25)23-10-12-26-13-11-23/h5-6,8-9H,1-4,7,10-14H2,(H2,19,20,21,22). The number of anilines is 1. The van der Waals surface area contributed by atoms with Crippen molar-refractivity contribution in [1.29, 1.82) is 5.26 Å². The van der Waals surface area contributed by atoms with E-state index in [-0.39, 0.29) is 5.75 Å². The van der Waals surface area contributed by atoms with Crippen molar-refractivity contribution in [3.63, 3.8) is 0 Å². The Morgan fingerprint density at radius 3 is 2.63 bits per heavy atom. The van der Waals surface area contributed by atoms with Gasteiger partial charge in [0.15, 0.2) is 6.19 Å². The van der Waals surface area contributed by atoms with Gasteiger partial charge in [-0.3, -0.25) is 15.3 Å². The summed E-state index contributed by atoms with van der Waals surface area (Å²) in [4.78, 5) is 8.27. The molecule has 1 aromatic rings. The van der Waals surface area contributed by atoms with Gasteiger partial charge in [-0.1, -0.05) is 12.8 Å². The number of morpholine rings is 1. The Labute approximate surface area is 160 Å². The highest BCUT2D eigenvalue weighted by molar-refractivity contribution is 7.89. The first-order valence-electron chi connectivity index (χ1n) is 9.04. The molecule has 10 heteroatoms. The minimum atomic E-state index is -3.17. The molecule has 2 heterocycles. The summed E-state index contributed by atoms with van der Waals surface area (Å²) in [5.74, 6) is 0.569. The number of rotatable bonds is 9. The van der Waals surface area contributed by atoms with Crippen LogP contribution in [0.25, 0.3) is 0 Å². The van der Waals surface area contributed by atoms with E-state index in [4.69, 9.17) is 10.00 Å². The lowest BCUT2D eigenvalue weighted by Crippen LogP contribution is -2.41. The first-order chi connectivity index (χ1) is 13.1. The molecular weight excluding hydrogens is 368 g/mol. The van der Waals surface area contributed by atoms with E-state index in [1.807, 2.05) is 6.19 Å². The van der Waals surface area contributed by atoms with Crippen LogP contribution in [-0.2, 0) is 14.8 Å². The number of nitrogens with zero attached hydrogens (tertiary/aromatic N) is 4. The van der Waals surface area contributed by atoms with Crippen molar-refractivity contribution in [3.05, 3.63) is 24.5 Å². The number of guanidine groups is 1. The number of hydrogen-bond donors (Lipinski definition) is 2. The molecule has 0 bridgehead atoms. The summed E-state index contributed by atoms with van der Waals surface area (Å²) < 4.78 is 31.1. The Bertz CT molecular complexity index is 727. The molecule has 0 spiro atoms. The van der Waals surface area contributed by atoms with Crippen LogP contribution in [0.15, 0.2) is 29.5 Å². The van der Waals surface area contributed by atoms with E-state index in [1.165, 1.54) is 4.31 Å². The highest BCUT2D eigenvalue weighted by Crippen LogP contribution is 2.10. The molecule has 0 aliphatic carbocycles. The molecule has 1 aromatic heterocycles. The van der Waals surface area contributed by atoms with Crippen molar-refractivity contribution in [1.82, 2.24) is 14.6 Å². The van der Waals surface area contributed by atoms with Crippen LogP contribution in [0.5, 0.6) is 0 Å². The average molecular weight is 395 g/mol. The van der Waals surface area contributed by atoms with Gasteiger partial charge in [-0.15, -0.1) is 0 Å². The van der Waals surface area contributed by atoms with Gasteiger partial charge in [-0.05, 0) is 25.0 Å². The second-order valence-electron chi connectivity index (χ2n) is 6.07. The minimum absolute atomic E-state index is 0.182. The topological polar surface area (TPSA) is 120 Å². The van der Waals surface area contributed by atoms with E-state index >= 15 is 0 Å². The normalized spacial score (nSPS) is 15.9. The van der Waals surface area contributed by atoms with Crippen LogP contribution < -0.4 is 10.6 Å². The first-order valence-corrected chi connectivity index (χ1v) is 10.6. The molecule has 1 aliphatic heterocycles. The third-order valence-corrected chi connectivity index (χ3v) is 6.02. The molecule has 0 saturated carbocycles. The number of pyridine rings is 1. The third-order valence-electron chi connectivity index (χ3n) is 4.06. The lowest BCUT2D eigenvalue weighted by molar-refractivity contribution is 0.0730. The van der Waals surface area contributed by atoms with E-state index in [1.54, 1.807) is 24.5 Å². The molecule has 0 atom stereocenters. The van der Waals surface area contributed by atoms with Gasteiger partial charge in [0.25, 0.3) is 0 Å². The van der Waals surface area contributed by atoms with Crippen LogP contribution in [0.3, 0.4) is 0 Å². The smallest absolute Gasteiger partial charge is 0.214 e. The van der Waals surface area contributed by atoms with E-state index in [2.05, 4.69) is 20.6 Å². The highest BCUT2D eigenvalue weighted by Gasteiger charge is 2.23. The molecule has 1 fully saturated rings. The van der Waals surface area contributed by atoms with Gasteiger partial charge in [0.1, 0.15) is 0 Å². The lowest BCUT2D eigenvalue weighted by Gasteiger charge is -2.25. The summed E-state index contributed by atoms with van der Waals surface area (Å²) in [7, 11) is -3.17. The zero-order valence-electron chi connectivity index (χ0n) is 15.3. The number of aliphatic imine (C=N–C) groups is 1. The third kappa shape index (κ3) is 7.90. The molecule has 1 aliphatic rings. The molecule has 2 N–H and O–H groups in total. The molecule has 2 rings (SSSR count). The summed E-state index contributed by atoms with van der Waals surface area (Å²) in [5, 5.41) is 14.3. The lowest BCUT2D eigenvalue weighted by atomic mass is 10.2. The van der Waals surface area contributed by atoms with Crippen molar-refractivity contribution >= 4 is 21.7 Å². The summed E-state index contributed by atoms with van der Waals surface area (Å²) in [5.41, 5.74) is 0.791. The Morgan fingerprint density at radius 2 is 1.93 bits per heavy atom. The number of aromatic nitrogens is 1. The Balaban J connectivity index is 1.64. The number of nitriles is 1. The highest BCUT2D eigenvalue weighted by atomic mass is 32.2. The van der Waals surface area contributed by atoms with Gasteiger partial charge >= 0.3 is 0 Å². The van der Waals surface area contributed by atoms with Gasteiger partial charge in [0.05, 0.1) is 19.0 Å². The minimum Gasteiger partial charge on any atom is -0.379 e. The van der Waals surface area contributed by atoms with Crippen molar-refractivity contribution in [2.45, 2.75) is 25.7 Å². The van der Waals surface area contributed by atoms with Gasteiger partial charge in [-0.2, -0.15) is 9.57 Å². The predicted molar refractivity (Wildman–Crippen MR) is 104 cm³/mol. The average Bonchev–Trinajstić information content (AvgIpc) is 2.69. The number of nitrogens with one attached hydrogen (secondary N) is 2. The quantitative estimate of drug-likeness (QED) is 0.212. The number of unbranched alkanes of at least 4 members (excludes halogenated alkanes) is 3. The van der Waals surface area contributed by atoms with Gasteiger partial charge in [0, 0.05) is 37.7 Å². The molecule has 0 amide bonds. The Hall–Kier alpha value is -2.22. The van der Waals surface area contributed by atoms with Gasteiger partial charge in [0.2, 0.25) is 16.0 Å². The van der Waals surface area contributed by atoms with E-state index in [9.17, 15) is 8.42 Å². The first kappa shape index (κ1) is 21.1. The fraction of sp³-hybridized carbons (Fsp3) is 0.588. The largest absolute Gasteiger partial charge is 0.379 e. The Kier molecular flexibility index (Phi) is 8.97. The van der Waals surface area contributed by atoms with Crippen molar-refractivity contribution in [2.24, 2.45) is 4.99 Å². The molecule has 0 unspecified atom stereocenters. The molecule has 148 valence electrons. The maximum Gasteiger partial charge on any atom is 0.214 e. The maximum atomic E-state index is 12.2. The van der Waals surface area contributed by atoms with Crippen LogP contribution in [-0.4, -0.2) is 62.3 Å². The zero-order chi connectivity index (χ0) is 19.4. The number of hydrogen-bond acceptors (Lipinski definition) is 6. The van der Waals surface area contributed by atoms with E-state index < -0.39 is 10.0 Å². The molecule has 27 heavy (non-hydrogen) atoms. The molecule has 1 saturated heterocycles. The second kappa shape index (κ2) is 11.5.